The number of nitrogens with one attached hydrogen (secondary N) is 1. The molecule has 3 aromatic heterocycles. The van der Waals surface area contributed by atoms with Gasteiger partial charge >= 0.3 is 0 Å². The highest BCUT2D eigenvalue weighted by Gasteiger charge is 2.25. The van der Waals surface area contributed by atoms with Gasteiger partial charge < -0.3 is 10.4 Å². The van der Waals surface area contributed by atoms with Gasteiger partial charge in [-0.1, -0.05) is 11.6 Å². The van der Waals surface area contributed by atoms with Gasteiger partial charge in [-0.05, 0) is 39.0 Å². The second kappa shape index (κ2) is 8.36. The molecule has 0 atom stereocenters. The Kier molecular flexibility index (Phi) is 5.51. The predicted molar refractivity (Wildman–Crippen MR) is 124 cm³/mol. The van der Waals surface area contributed by atoms with Crippen molar-refractivity contribution in [3.8, 4) is 5.82 Å². The van der Waals surface area contributed by atoms with Gasteiger partial charge in [-0.15, -0.1) is 0 Å². The third-order valence-corrected chi connectivity index (χ3v) is 5.96. The van der Waals surface area contributed by atoms with Crippen molar-refractivity contribution >= 4 is 34.1 Å². The number of hydrogen-bond donors (Lipinski definition) is 2. The van der Waals surface area contributed by atoms with Crippen LogP contribution in [0, 0.1) is 12.7 Å². The van der Waals surface area contributed by atoms with Crippen LogP contribution in [0.2, 0.25) is 5.15 Å². The van der Waals surface area contributed by atoms with Crippen molar-refractivity contribution < 1.29 is 9.50 Å². The molecule has 0 radical (unpaired) electrons. The maximum absolute atomic E-state index is 14.6. The van der Waals surface area contributed by atoms with Crippen LogP contribution in [0.5, 0.6) is 0 Å². The molecule has 11 heteroatoms. The van der Waals surface area contributed by atoms with Crippen LogP contribution in [0.1, 0.15) is 31.1 Å². The summed E-state index contributed by atoms with van der Waals surface area (Å²) in [6, 6.07) is 5.85. The van der Waals surface area contributed by atoms with E-state index in [1.54, 1.807) is 6.20 Å². The van der Waals surface area contributed by atoms with E-state index in [0.29, 0.717) is 30.5 Å². The molecule has 0 spiro atoms. The van der Waals surface area contributed by atoms with Crippen molar-refractivity contribution in [3.05, 3.63) is 52.8 Å². The van der Waals surface area contributed by atoms with Crippen LogP contribution >= 0.6 is 11.6 Å². The second-order valence-electron chi connectivity index (χ2n) is 8.58. The summed E-state index contributed by atoms with van der Waals surface area (Å²) in [6.07, 6.45) is 2.61. The summed E-state index contributed by atoms with van der Waals surface area (Å²) < 4.78 is 17.9. The Morgan fingerprint density at radius 1 is 1.27 bits per heavy atom. The van der Waals surface area contributed by atoms with Gasteiger partial charge in [-0.25, -0.2) is 14.1 Å². The first-order valence-electron chi connectivity index (χ1n) is 10.7. The summed E-state index contributed by atoms with van der Waals surface area (Å²) in [5.74, 6) is -0.290. The number of aromatic nitrogens is 6. The molecule has 5 rings (SSSR count). The quantitative estimate of drug-likeness (QED) is 0.444. The molecule has 0 amide bonds. The number of hydrogen-bond acceptors (Lipinski definition) is 7. The molecule has 4 aromatic rings. The lowest BCUT2D eigenvalue weighted by molar-refractivity contribution is -0.00297. The second-order valence-corrected chi connectivity index (χ2v) is 8.94. The van der Waals surface area contributed by atoms with Crippen molar-refractivity contribution in [2.24, 2.45) is 0 Å². The summed E-state index contributed by atoms with van der Waals surface area (Å²) in [5, 5.41) is 22.6. The number of nitrogens with zero attached hydrogens (tertiary/aromatic N) is 7. The Hall–Kier alpha value is -3.08. The lowest BCUT2D eigenvalue weighted by atomic mass is 10.1. The van der Waals surface area contributed by atoms with E-state index in [0.717, 1.165) is 28.4 Å². The standard InChI is InChI=1S/C22H24ClFN8O/c1-12(2)32-19-5-4-15(6-17(19)20(23)29-32)26-22-25-7-18(24)21(27-22)31-9-14(13(3)28-31)8-30-10-16(33)11-30/h4-7,9,12,16,33H,8,10-11H2,1-3H3,(H,25,26,27). The summed E-state index contributed by atoms with van der Waals surface area (Å²) >= 11 is 6.33. The van der Waals surface area contributed by atoms with Crippen LogP contribution in [0.15, 0.2) is 30.6 Å². The number of aliphatic hydroxyl groups excluding tert-OH is 1. The van der Waals surface area contributed by atoms with Crippen molar-refractivity contribution in [1.82, 2.24) is 34.4 Å². The molecule has 1 aromatic carbocycles. The van der Waals surface area contributed by atoms with Crippen LogP contribution in [0.4, 0.5) is 16.0 Å². The van der Waals surface area contributed by atoms with Crippen molar-refractivity contribution in [2.45, 2.75) is 39.5 Å². The highest BCUT2D eigenvalue weighted by atomic mass is 35.5. The summed E-state index contributed by atoms with van der Waals surface area (Å²) in [5.41, 5.74) is 3.37. The summed E-state index contributed by atoms with van der Waals surface area (Å²) in [6.45, 7) is 7.86. The molecule has 1 fully saturated rings. The molecule has 0 aliphatic carbocycles. The first kappa shape index (κ1) is 21.7. The zero-order valence-electron chi connectivity index (χ0n) is 18.5. The Morgan fingerprint density at radius 3 is 2.79 bits per heavy atom. The molecular formula is C22H24ClFN8O. The fraction of sp³-hybridized carbons (Fsp3) is 0.364. The SMILES string of the molecule is Cc1nn(-c2nc(Nc3ccc4c(c3)c(Cl)nn4C(C)C)ncc2F)cc1CN1CC(O)C1. The Labute approximate surface area is 194 Å². The lowest BCUT2D eigenvalue weighted by Gasteiger charge is -2.35. The average Bonchev–Trinajstić information content (AvgIpc) is 3.28. The summed E-state index contributed by atoms with van der Waals surface area (Å²) in [7, 11) is 0. The molecule has 2 N–H and O–H groups in total. The maximum atomic E-state index is 14.6. The zero-order valence-corrected chi connectivity index (χ0v) is 19.3. The van der Waals surface area contributed by atoms with Crippen LogP contribution in [0.25, 0.3) is 16.7 Å². The first-order chi connectivity index (χ1) is 15.8. The van der Waals surface area contributed by atoms with E-state index in [2.05, 4.69) is 30.4 Å². The van der Waals surface area contributed by atoms with E-state index in [4.69, 9.17) is 11.6 Å². The molecule has 0 unspecified atom stereocenters. The van der Waals surface area contributed by atoms with Gasteiger partial charge in [-0.2, -0.15) is 15.2 Å². The van der Waals surface area contributed by atoms with Gasteiger partial charge in [0, 0.05) is 48.5 Å². The average molecular weight is 471 g/mol. The fourth-order valence-electron chi connectivity index (χ4n) is 3.95. The van der Waals surface area contributed by atoms with E-state index in [9.17, 15) is 9.50 Å². The minimum Gasteiger partial charge on any atom is -0.390 e. The third-order valence-electron chi connectivity index (χ3n) is 5.68. The van der Waals surface area contributed by atoms with Gasteiger partial charge in [0.05, 0.1) is 23.5 Å². The molecule has 1 saturated heterocycles. The fourth-order valence-corrected chi connectivity index (χ4v) is 4.19. The minimum absolute atomic E-state index is 0.0530. The van der Waals surface area contributed by atoms with Crippen molar-refractivity contribution in [3.63, 3.8) is 0 Å². The number of benzene rings is 1. The van der Waals surface area contributed by atoms with E-state index >= 15 is 0 Å². The number of likely N-dealkylation sites (tertiary alicyclic amines) is 1. The van der Waals surface area contributed by atoms with Gasteiger partial charge in [0.15, 0.2) is 16.8 Å². The van der Waals surface area contributed by atoms with Gasteiger partial charge in [0.2, 0.25) is 5.95 Å². The Morgan fingerprint density at radius 2 is 2.06 bits per heavy atom. The van der Waals surface area contributed by atoms with E-state index in [1.807, 2.05) is 43.7 Å². The van der Waals surface area contributed by atoms with Crippen molar-refractivity contribution in [2.75, 3.05) is 18.4 Å². The van der Waals surface area contributed by atoms with Crippen molar-refractivity contribution in [1.29, 1.82) is 0 Å². The van der Waals surface area contributed by atoms with Gasteiger partial charge in [0.25, 0.3) is 0 Å². The molecule has 9 nitrogen and oxygen atoms in total. The van der Waals surface area contributed by atoms with Gasteiger partial charge in [-0.3, -0.25) is 9.58 Å². The van der Waals surface area contributed by atoms with E-state index in [-0.39, 0.29) is 23.9 Å². The van der Waals surface area contributed by atoms with Gasteiger partial charge in [0.1, 0.15) is 0 Å². The minimum atomic E-state index is -0.578. The van der Waals surface area contributed by atoms with Crippen LogP contribution in [-0.2, 0) is 6.54 Å². The largest absolute Gasteiger partial charge is 0.390 e. The highest BCUT2D eigenvalue weighted by molar-refractivity contribution is 6.34. The number of anilines is 2. The molecular weight excluding hydrogens is 447 g/mol. The first-order valence-corrected chi connectivity index (χ1v) is 11.1. The molecule has 172 valence electrons. The number of fused-ring (bicyclic) bond motifs is 1. The molecule has 33 heavy (non-hydrogen) atoms. The topological polar surface area (TPSA) is 96.9 Å². The number of halogens is 2. The normalized spacial score (nSPS) is 14.9. The van der Waals surface area contributed by atoms with E-state index in [1.165, 1.54) is 4.68 Å². The third kappa shape index (κ3) is 4.17. The van der Waals surface area contributed by atoms with Crippen LogP contribution in [-0.4, -0.2) is 58.7 Å². The Bertz CT molecular complexity index is 1330. The number of aliphatic hydroxyl groups is 1. The zero-order chi connectivity index (χ0) is 23.3. The predicted octanol–water partition coefficient (Wildman–Crippen LogP) is 3.61. The summed E-state index contributed by atoms with van der Waals surface area (Å²) in [4.78, 5) is 10.5. The monoisotopic (exact) mass is 470 g/mol. The van der Waals surface area contributed by atoms with Crippen LogP contribution in [0.3, 0.4) is 0 Å². The molecule has 0 saturated carbocycles. The highest BCUT2D eigenvalue weighted by Crippen LogP contribution is 2.29. The smallest absolute Gasteiger partial charge is 0.229 e. The maximum Gasteiger partial charge on any atom is 0.229 e. The molecule has 1 aliphatic rings. The molecule has 1 aliphatic heterocycles. The number of β-amino-alcohol motifs (C(OH)–C–C–N with tert-alkyl or cyclic N) is 1. The lowest BCUT2D eigenvalue weighted by Crippen LogP contribution is -2.49. The van der Waals surface area contributed by atoms with Crippen LogP contribution < -0.4 is 5.32 Å². The number of aryl methyl sites for hydroxylation is 1. The molecule has 4 heterocycles. The Balaban J connectivity index is 1.41. The molecule has 0 bridgehead atoms. The number of rotatable bonds is 6. The van der Waals surface area contributed by atoms with E-state index < -0.39 is 5.82 Å².